The number of rotatable bonds is 4. The van der Waals surface area contributed by atoms with E-state index in [9.17, 15) is 9.59 Å². The molecule has 7 nitrogen and oxygen atoms in total. The van der Waals surface area contributed by atoms with Crippen LogP contribution >= 0.6 is 11.3 Å². The number of carbonyl (C=O) groups excluding carboxylic acids is 1. The molecule has 0 spiro atoms. The first kappa shape index (κ1) is 19.2. The Labute approximate surface area is 173 Å². The number of anilines is 3. The minimum absolute atomic E-state index is 0.143. The Kier molecular flexibility index (Phi) is 5.35. The van der Waals surface area contributed by atoms with Crippen molar-refractivity contribution in [2.45, 2.75) is 6.92 Å². The van der Waals surface area contributed by atoms with E-state index in [4.69, 9.17) is 0 Å². The molecule has 8 heteroatoms. The van der Waals surface area contributed by atoms with Crippen molar-refractivity contribution in [3.63, 3.8) is 0 Å². The maximum Gasteiger partial charge on any atom is 0.307 e. The van der Waals surface area contributed by atoms with Crippen LogP contribution in [-0.2, 0) is 7.05 Å². The topological polar surface area (TPSA) is 70.5 Å². The Balaban J connectivity index is 1.38. The van der Waals surface area contributed by atoms with E-state index in [1.54, 1.807) is 20.2 Å². The zero-order chi connectivity index (χ0) is 20.4. The number of pyridine rings is 1. The molecule has 150 valence electrons. The number of thiazole rings is 1. The van der Waals surface area contributed by atoms with Gasteiger partial charge in [0.1, 0.15) is 10.7 Å². The first-order valence-electron chi connectivity index (χ1n) is 9.51. The van der Waals surface area contributed by atoms with Crippen molar-refractivity contribution in [2.75, 3.05) is 41.3 Å². The number of hydrogen-bond acceptors (Lipinski definition) is 6. The normalized spacial score (nSPS) is 14.1. The number of amides is 1. The smallest absolute Gasteiger partial charge is 0.307 e. The van der Waals surface area contributed by atoms with Crippen LogP contribution in [-0.4, -0.2) is 41.6 Å². The summed E-state index contributed by atoms with van der Waals surface area (Å²) in [4.78, 5) is 33.6. The molecular formula is C21H23N5O2S. The Morgan fingerprint density at radius 1 is 1.03 bits per heavy atom. The molecule has 1 amide bonds. The highest BCUT2D eigenvalue weighted by atomic mass is 32.1. The summed E-state index contributed by atoms with van der Waals surface area (Å²) in [6.07, 6.45) is 1.66. The van der Waals surface area contributed by atoms with Crippen LogP contribution in [0.2, 0.25) is 0 Å². The zero-order valence-corrected chi connectivity index (χ0v) is 17.3. The highest BCUT2D eigenvalue weighted by Crippen LogP contribution is 2.20. The molecule has 0 radical (unpaired) electrons. The zero-order valence-electron chi connectivity index (χ0n) is 16.5. The second-order valence-corrected chi connectivity index (χ2v) is 7.97. The molecule has 0 unspecified atom stereocenters. The van der Waals surface area contributed by atoms with Gasteiger partial charge < -0.3 is 19.7 Å². The van der Waals surface area contributed by atoms with Crippen LogP contribution < -0.4 is 20.0 Å². The number of hydrogen-bond donors (Lipinski definition) is 1. The predicted molar refractivity (Wildman–Crippen MR) is 117 cm³/mol. The molecule has 2 aromatic heterocycles. The van der Waals surface area contributed by atoms with Gasteiger partial charge in [-0.15, -0.1) is 0 Å². The molecule has 0 aliphatic carbocycles. The second kappa shape index (κ2) is 8.08. The summed E-state index contributed by atoms with van der Waals surface area (Å²) in [5.74, 6) is 0.618. The lowest BCUT2D eigenvalue weighted by molar-refractivity contribution is 0.102. The van der Waals surface area contributed by atoms with Crippen LogP contribution in [0.4, 0.5) is 17.2 Å². The van der Waals surface area contributed by atoms with Gasteiger partial charge in [0.25, 0.3) is 5.91 Å². The van der Waals surface area contributed by atoms with Gasteiger partial charge >= 0.3 is 4.87 Å². The molecule has 1 N–H and O–H groups in total. The van der Waals surface area contributed by atoms with Crippen molar-refractivity contribution in [3.8, 4) is 0 Å². The van der Waals surface area contributed by atoms with Crippen molar-refractivity contribution in [2.24, 2.45) is 7.05 Å². The Morgan fingerprint density at radius 2 is 1.72 bits per heavy atom. The number of para-hydroxylation sites is 1. The average molecular weight is 410 g/mol. The Morgan fingerprint density at radius 3 is 2.31 bits per heavy atom. The van der Waals surface area contributed by atoms with Crippen LogP contribution in [0.5, 0.6) is 0 Å². The largest absolute Gasteiger partial charge is 0.368 e. The number of piperazine rings is 1. The summed E-state index contributed by atoms with van der Waals surface area (Å²) in [5.41, 5.74) is 2.53. The number of nitrogens with one attached hydrogen (secondary N) is 1. The summed E-state index contributed by atoms with van der Waals surface area (Å²) in [7, 11) is 1.67. The molecule has 29 heavy (non-hydrogen) atoms. The molecule has 0 bridgehead atoms. The molecule has 3 heterocycles. The van der Waals surface area contributed by atoms with Gasteiger partial charge in [-0.3, -0.25) is 9.59 Å². The Bertz CT molecular complexity index is 1050. The van der Waals surface area contributed by atoms with Gasteiger partial charge in [-0.05, 0) is 31.2 Å². The summed E-state index contributed by atoms with van der Waals surface area (Å²) >= 11 is 0.955. The van der Waals surface area contributed by atoms with Gasteiger partial charge in [-0.2, -0.15) is 0 Å². The summed E-state index contributed by atoms with van der Waals surface area (Å²) < 4.78 is 1.48. The molecule has 0 atom stereocenters. The maximum absolute atomic E-state index is 12.5. The molecule has 1 saturated heterocycles. The van der Waals surface area contributed by atoms with Crippen molar-refractivity contribution < 1.29 is 4.79 Å². The first-order chi connectivity index (χ1) is 14.0. The van der Waals surface area contributed by atoms with E-state index < -0.39 is 0 Å². The van der Waals surface area contributed by atoms with Crippen LogP contribution in [0.25, 0.3) is 0 Å². The quantitative estimate of drug-likeness (QED) is 0.718. The van der Waals surface area contributed by atoms with Crippen molar-refractivity contribution >= 4 is 34.4 Å². The lowest BCUT2D eigenvalue weighted by Crippen LogP contribution is -2.46. The van der Waals surface area contributed by atoms with E-state index in [0.29, 0.717) is 16.3 Å². The highest BCUT2D eigenvalue weighted by Gasteiger charge is 2.19. The van der Waals surface area contributed by atoms with Gasteiger partial charge in [0.2, 0.25) is 0 Å². The third-order valence-electron chi connectivity index (χ3n) is 5.23. The molecule has 1 aromatic carbocycles. The highest BCUT2D eigenvalue weighted by molar-refractivity contribution is 7.11. The average Bonchev–Trinajstić information content (AvgIpc) is 3.02. The van der Waals surface area contributed by atoms with Gasteiger partial charge in [0.05, 0.1) is 11.9 Å². The van der Waals surface area contributed by atoms with Crippen LogP contribution in [0.3, 0.4) is 0 Å². The fourth-order valence-electron chi connectivity index (χ4n) is 3.40. The molecule has 1 fully saturated rings. The fraction of sp³-hybridized carbons (Fsp3) is 0.286. The standard InChI is InChI=1S/C21H23N5O2S/c1-15-19(29-21(28)24(15)2)20(27)23-16-8-9-18(22-14-16)26-12-10-25(11-13-26)17-6-4-3-5-7-17/h3-9,14H,10-13H2,1-2H3,(H,23,27). The minimum Gasteiger partial charge on any atom is -0.368 e. The molecule has 1 aliphatic heterocycles. The first-order valence-corrected chi connectivity index (χ1v) is 10.3. The van der Waals surface area contributed by atoms with E-state index in [1.165, 1.54) is 10.3 Å². The predicted octanol–water partition coefficient (Wildman–Crippen LogP) is 2.73. The number of benzene rings is 1. The maximum atomic E-state index is 12.5. The monoisotopic (exact) mass is 409 g/mol. The summed E-state index contributed by atoms with van der Waals surface area (Å²) in [6, 6.07) is 14.2. The molecule has 0 saturated carbocycles. The summed E-state index contributed by atoms with van der Waals surface area (Å²) in [5, 5.41) is 2.83. The van der Waals surface area contributed by atoms with E-state index in [1.807, 2.05) is 18.2 Å². The number of carbonyl (C=O) groups is 1. The van der Waals surface area contributed by atoms with Crippen LogP contribution in [0, 0.1) is 6.92 Å². The lowest BCUT2D eigenvalue weighted by atomic mass is 10.2. The van der Waals surface area contributed by atoms with Crippen molar-refractivity contribution in [3.05, 3.63) is 68.9 Å². The van der Waals surface area contributed by atoms with Crippen LogP contribution in [0.15, 0.2) is 53.5 Å². The van der Waals surface area contributed by atoms with Crippen LogP contribution in [0.1, 0.15) is 15.4 Å². The molecular weight excluding hydrogens is 386 g/mol. The summed E-state index contributed by atoms with van der Waals surface area (Å²) in [6.45, 7) is 5.44. The van der Waals surface area contributed by atoms with Crippen molar-refractivity contribution in [1.29, 1.82) is 0 Å². The minimum atomic E-state index is -0.281. The van der Waals surface area contributed by atoms with Gasteiger partial charge in [0.15, 0.2) is 0 Å². The van der Waals surface area contributed by atoms with Gasteiger partial charge in [-0.1, -0.05) is 29.5 Å². The SMILES string of the molecule is Cc1c(C(=O)Nc2ccc(N3CCN(c4ccccc4)CC3)nc2)sc(=O)n1C. The number of nitrogens with zero attached hydrogens (tertiary/aromatic N) is 4. The number of aromatic nitrogens is 2. The van der Waals surface area contributed by atoms with Gasteiger partial charge in [0, 0.05) is 44.6 Å². The Hall–Kier alpha value is -3.13. The second-order valence-electron chi connectivity index (χ2n) is 7.01. The third-order valence-corrected chi connectivity index (χ3v) is 6.37. The van der Waals surface area contributed by atoms with Gasteiger partial charge in [-0.25, -0.2) is 4.98 Å². The third kappa shape index (κ3) is 4.02. The molecule has 3 aromatic rings. The molecule has 4 rings (SSSR count). The van der Waals surface area contributed by atoms with E-state index in [-0.39, 0.29) is 10.8 Å². The van der Waals surface area contributed by atoms with Crippen molar-refractivity contribution in [1.82, 2.24) is 9.55 Å². The van der Waals surface area contributed by atoms with E-state index >= 15 is 0 Å². The molecule has 1 aliphatic rings. The van der Waals surface area contributed by atoms with E-state index in [2.05, 4.69) is 44.4 Å². The van der Waals surface area contributed by atoms with E-state index in [0.717, 1.165) is 43.3 Å². The lowest BCUT2D eigenvalue weighted by Gasteiger charge is -2.36. The fourth-order valence-corrected chi connectivity index (χ4v) is 4.27.